The van der Waals surface area contributed by atoms with Crippen molar-refractivity contribution < 1.29 is 18.0 Å². The fourth-order valence-corrected chi connectivity index (χ4v) is 4.52. The molecule has 1 aliphatic heterocycles. The second-order valence-electron chi connectivity index (χ2n) is 7.62. The van der Waals surface area contributed by atoms with Gasteiger partial charge in [0.1, 0.15) is 0 Å². The average molecular weight is 325 g/mol. The van der Waals surface area contributed by atoms with Crippen molar-refractivity contribution in [3.05, 3.63) is 34.9 Å². The monoisotopic (exact) mass is 325 g/mol. The van der Waals surface area contributed by atoms with E-state index in [2.05, 4.69) is 13.0 Å². The van der Waals surface area contributed by atoms with Crippen LogP contribution in [0.1, 0.15) is 43.9 Å². The summed E-state index contributed by atoms with van der Waals surface area (Å²) in [7, 11) is 0. The fourth-order valence-electron chi connectivity index (χ4n) is 4.52. The number of amides is 1. The molecule has 0 spiro atoms. The number of carbonyl (C=O) groups excluding carboxylic acids is 1. The van der Waals surface area contributed by atoms with E-state index in [1.165, 1.54) is 5.56 Å². The number of hydrogen-bond acceptors (Lipinski definition) is 1. The van der Waals surface area contributed by atoms with Crippen molar-refractivity contribution in [3.8, 4) is 0 Å². The highest BCUT2D eigenvalue weighted by Gasteiger charge is 2.59. The maximum Gasteiger partial charge on any atom is 0.471 e. The molecule has 2 aliphatic rings. The molecule has 0 aromatic heterocycles. The van der Waals surface area contributed by atoms with Crippen LogP contribution in [0.2, 0.25) is 0 Å². The van der Waals surface area contributed by atoms with Gasteiger partial charge in [-0.3, -0.25) is 4.79 Å². The van der Waals surface area contributed by atoms with Crippen LogP contribution >= 0.6 is 0 Å². The van der Waals surface area contributed by atoms with Gasteiger partial charge < -0.3 is 4.90 Å². The van der Waals surface area contributed by atoms with Crippen molar-refractivity contribution in [2.75, 3.05) is 6.54 Å². The van der Waals surface area contributed by atoms with E-state index in [0.29, 0.717) is 12.8 Å². The van der Waals surface area contributed by atoms with Crippen LogP contribution in [-0.4, -0.2) is 29.6 Å². The largest absolute Gasteiger partial charge is 0.471 e. The number of piperidine rings is 1. The summed E-state index contributed by atoms with van der Waals surface area (Å²) in [5, 5.41) is 0. The molecule has 2 nitrogen and oxygen atoms in total. The molecule has 2 atom stereocenters. The number of carbonyl (C=O) groups is 1. The number of aryl methyl sites for hydroxylation is 1. The Morgan fingerprint density at radius 2 is 1.91 bits per heavy atom. The number of benzene rings is 1. The Morgan fingerprint density at radius 1 is 1.26 bits per heavy atom. The van der Waals surface area contributed by atoms with Crippen LogP contribution in [0.15, 0.2) is 18.2 Å². The Bertz CT molecular complexity index is 665. The first kappa shape index (κ1) is 16.3. The van der Waals surface area contributed by atoms with Gasteiger partial charge in [0.05, 0.1) is 0 Å². The number of halogens is 3. The van der Waals surface area contributed by atoms with E-state index in [4.69, 9.17) is 0 Å². The standard InChI is InChI=1S/C18H22F3NO/c1-11-6-5-7-13-12(11)10-14-16(2,3)17(13,4)8-9-22(14)15(23)18(19,20)21/h5-7,14H,8-10H2,1-4H3/t14-,17+/m1/s1. The zero-order chi connectivity index (χ0) is 17.2. The molecule has 1 fully saturated rings. The van der Waals surface area contributed by atoms with Crippen molar-refractivity contribution in [1.82, 2.24) is 4.90 Å². The summed E-state index contributed by atoms with van der Waals surface area (Å²) in [5.41, 5.74) is 2.81. The van der Waals surface area contributed by atoms with Gasteiger partial charge in [-0.05, 0) is 41.9 Å². The predicted molar refractivity (Wildman–Crippen MR) is 82.2 cm³/mol. The number of fused-ring (bicyclic) bond motifs is 4. The topological polar surface area (TPSA) is 20.3 Å². The van der Waals surface area contributed by atoms with Gasteiger partial charge in [-0.15, -0.1) is 0 Å². The maximum absolute atomic E-state index is 13.0. The molecule has 3 rings (SSSR count). The van der Waals surface area contributed by atoms with Crippen LogP contribution in [0.25, 0.3) is 0 Å². The minimum Gasteiger partial charge on any atom is -0.331 e. The van der Waals surface area contributed by atoms with Gasteiger partial charge in [0, 0.05) is 18.0 Å². The summed E-state index contributed by atoms with van der Waals surface area (Å²) in [5.74, 6) is -1.70. The van der Waals surface area contributed by atoms with Gasteiger partial charge in [-0.2, -0.15) is 13.2 Å². The zero-order valence-electron chi connectivity index (χ0n) is 13.9. The minimum atomic E-state index is -4.81. The van der Waals surface area contributed by atoms with E-state index in [-0.39, 0.29) is 12.0 Å². The van der Waals surface area contributed by atoms with Gasteiger partial charge in [-0.1, -0.05) is 39.0 Å². The van der Waals surface area contributed by atoms with Crippen LogP contribution in [0.5, 0.6) is 0 Å². The van der Waals surface area contributed by atoms with Crippen molar-refractivity contribution in [2.45, 2.75) is 58.2 Å². The molecule has 0 saturated carbocycles. The van der Waals surface area contributed by atoms with E-state index in [1.807, 2.05) is 32.9 Å². The van der Waals surface area contributed by atoms with Crippen LogP contribution in [-0.2, 0) is 16.6 Å². The molecule has 0 radical (unpaired) electrons. The quantitative estimate of drug-likeness (QED) is 0.706. The number of hydrogen-bond donors (Lipinski definition) is 0. The van der Waals surface area contributed by atoms with Gasteiger partial charge in [0.25, 0.3) is 0 Å². The summed E-state index contributed by atoms with van der Waals surface area (Å²) >= 11 is 0. The highest BCUT2D eigenvalue weighted by Crippen LogP contribution is 2.56. The highest BCUT2D eigenvalue weighted by molar-refractivity contribution is 5.82. The zero-order valence-corrected chi connectivity index (χ0v) is 13.9. The van der Waals surface area contributed by atoms with Crippen LogP contribution < -0.4 is 0 Å². The number of nitrogens with zero attached hydrogens (tertiary/aromatic N) is 1. The smallest absolute Gasteiger partial charge is 0.331 e. The lowest BCUT2D eigenvalue weighted by atomic mass is 9.50. The van der Waals surface area contributed by atoms with Crippen LogP contribution in [0, 0.1) is 12.3 Å². The van der Waals surface area contributed by atoms with Gasteiger partial charge >= 0.3 is 12.1 Å². The summed E-state index contributed by atoms with van der Waals surface area (Å²) in [6, 6.07) is 5.68. The normalized spacial score (nSPS) is 29.2. The first-order valence-electron chi connectivity index (χ1n) is 7.97. The van der Waals surface area contributed by atoms with Gasteiger partial charge in [0.2, 0.25) is 0 Å². The van der Waals surface area contributed by atoms with E-state index in [1.54, 1.807) is 0 Å². The third-order valence-electron chi connectivity index (χ3n) is 6.39. The van der Waals surface area contributed by atoms with Crippen LogP contribution in [0.4, 0.5) is 13.2 Å². The van der Waals surface area contributed by atoms with Crippen LogP contribution in [0.3, 0.4) is 0 Å². The van der Waals surface area contributed by atoms with Crippen molar-refractivity contribution in [3.63, 3.8) is 0 Å². The molecule has 0 N–H and O–H groups in total. The molecule has 1 amide bonds. The van der Waals surface area contributed by atoms with Crippen molar-refractivity contribution in [2.24, 2.45) is 5.41 Å². The Kier molecular flexibility index (Phi) is 3.37. The van der Waals surface area contributed by atoms with Crippen molar-refractivity contribution >= 4 is 5.91 Å². The number of alkyl halides is 3. The molecule has 1 aromatic carbocycles. The molecule has 23 heavy (non-hydrogen) atoms. The van der Waals surface area contributed by atoms with E-state index >= 15 is 0 Å². The fraction of sp³-hybridized carbons (Fsp3) is 0.611. The summed E-state index contributed by atoms with van der Waals surface area (Å²) < 4.78 is 39.0. The summed E-state index contributed by atoms with van der Waals surface area (Å²) in [6.07, 6.45) is -3.77. The third kappa shape index (κ3) is 2.12. The van der Waals surface area contributed by atoms with Gasteiger partial charge in [0.15, 0.2) is 0 Å². The third-order valence-corrected chi connectivity index (χ3v) is 6.39. The van der Waals surface area contributed by atoms with E-state index < -0.39 is 23.5 Å². The Balaban J connectivity index is 2.13. The molecule has 1 heterocycles. The molecule has 126 valence electrons. The molecule has 2 bridgehead atoms. The van der Waals surface area contributed by atoms with E-state index in [0.717, 1.165) is 16.0 Å². The maximum atomic E-state index is 13.0. The molecular formula is C18H22F3NO. The summed E-state index contributed by atoms with van der Waals surface area (Å²) in [6.45, 7) is 8.28. The average Bonchev–Trinajstić information content (AvgIpc) is 2.42. The number of rotatable bonds is 0. The molecule has 1 aliphatic carbocycles. The first-order valence-corrected chi connectivity index (χ1v) is 7.97. The van der Waals surface area contributed by atoms with E-state index in [9.17, 15) is 18.0 Å². The second kappa shape index (κ2) is 4.74. The predicted octanol–water partition coefficient (Wildman–Crippen LogP) is 4.00. The lowest BCUT2D eigenvalue weighted by Gasteiger charge is -2.61. The summed E-state index contributed by atoms with van der Waals surface area (Å²) in [4.78, 5) is 13.0. The molecule has 5 heteroatoms. The molecule has 1 saturated heterocycles. The Labute approximate surface area is 134 Å². The molecular weight excluding hydrogens is 303 g/mol. The SMILES string of the molecule is Cc1cccc2c1C[C@H]1N(C(=O)C(F)(F)F)CC[C@]2(C)C1(C)C. The molecule has 1 aromatic rings. The highest BCUT2D eigenvalue weighted by atomic mass is 19.4. The lowest BCUT2D eigenvalue weighted by molar-refractivity contribution is -0.195. The van der Waals surface area contributed by atoms with Crippen molar-refractivity contribution in [1.29, 1.82) is 0 Å². The second-order valence-corrected chi connectivity index (χ2v) is 7.62. The first-order chi connectivity index (χ1) is 10.5. The number of likely N-dealkylation sites (tertiary alicyclic amines) is 1. The minimum absolute atomic E-state index is 0.163. The lowest BCUT2D eigenvalue weighted by Crippen LogP contribution is -2.66. The van der Waals surface area contributed by atoms with Gasteiger partial charge in [-0.25, -0.2) is 0 Å². The Hall–Kier alpha value is -1.52. The Morgan fingerprint density at radius 3 is 2.52 bits per heavy atom. The molecule has 0 unspecified atom stereocenters.